The van der Waals surface area contributed by atoms with Crippen LogP contribution in [0.1, 0.15) is 145 Å². The summed E-state index contributed by atoms with van der Waals surface area (Å²) in [5.74, 6) is -12.9. The molecule has 10 atom stereocenters. The molecule has 5 aliphatic heterocycles. The molecule has 7 aliphatic rings. The van der Waals surface area contributed by atoms with Gasteiger partial charge in [-0.2, -0.15) is 0 Å². The highest BCUT2D eigenvalue weighted by Crippen LogP contribution is 2.50. The molecule has 444 valence electrons. The number of aliphatic hydroxyl groups excluding tert-OH is 2. The van der Waals surface area contributed by atoms with E-state index in [1.54, 1.807) is 50.5 Å². The maximum absolute atomic E-state index is 16.1. The third-order valence-corrected chi connectivity index (χ3v) is 17.7. The van der Waals surface area contributed by atoms with Gasteiger partial charge in [0.05, 0.1) is 64.6 Å². The summed E-state index contributed by atoms with van der Waals surface area (Å²) in [6.45, 7) is 14.5. The number of esters is 1. The number of aliphatic hydroxyl groups is 2. The number of piperidine rings is 1. The molecule has 1 saturated carbocycles. The molecule has 2 amide bonds. The fraction of sp³-hybridized carbons (Fsp3) is 0.508. The number of pyridine rings is 2. The van der Waals surface area contributed by atoms with Crippen LogP contribution in [0.2, 0.25) is 0 Å². The molecular formula is C61H72FN5O16. The Balaban J connectivity index is 1.00. The number of allylic oxidation sites excluding steroid dienone is 4. The summed E-state index contributed by atoms with van der Waals surface area (Å²) in [6.07, 6.45) is 6.54. The van der Waals surface area contributed by atoms with E-state index in [2.05, 4.69) is 10.6 Å². The lowest BCUT2D eigenvalue weighted by molar-refractivity contribution is -0.160. The van der Waals surface area contributed by atoms with Gasteiger partial charge in [0.15, 0.2) is 5.82 Å². The van der Waals surface area contributed by atoms with Crippen LogP contribution in [-0.4, -0.2) is 140 Å². The highest BCUT2D eigenvalue weighted by Gasteiger charge is 2.53. The van der Waals surface area contributed by atoms with Crippen molar-refractivity contribution in [1.82, 2.24) is 19.9 Å². The van der Waals surface area contributed by atoms with Gasteiger partial charge in [-0.3, -0.25) is 38.0 Å². The molecule has 2 saturated heterocycles. The zero-order valence-corrected chi connectivity index (χ0v) is 48.2. The zero-order chi connectivity index (χ0) is 60.4. The van der Waals surface area contributed by atoms with Gasteiger partial charge in [-0.05, 0) is 82.1 Å². The van der Waals surface area contributed by atoms with E-state index in [1.807, 2.05) is 0 Å². The molecule has 0 radical (unpaired) electrons. The van der Waals surface area contributed by atoms with Gasteiger partial charge in [0, 0.05) is 88.0 Å². The number of fused-ring (bicyclic) bond motifs is 15. The first-order valence-electron chi connectivity index (χ1n) is 28.2. The number of phenols is 1. The number of methoxy groups -OCH3 is 1. The Bertz CT molecular complexity index is 3420. The molecule has 83 heavy (non-hydrogen) atoms. The van der Waals surface area contributed by atoms with Crippen molar-refractivity contribution in [3.05, 3.63) is 115 Å². The summed E-state index contributed by atoms with van der Waals surface area (Å²) < 4.78 is 40.9. The number of anilines is 1. The van der Waals surface area contributed by atoms with E-state index in [-0.39, 0.29) is 78.1 Å². The van der Waals surface area contributed by atoms with Crippen molar-refractivity contribution in [2.45, 2.75) is 137 Å². The number of halogens is 1. The normalized spacial score (nSPS) is 29.7. The fourth-order valence-corrected chi connectivity index (χ4v) is 12.6. The minimum Gasteiger partial charge on any atom is -0.507 e. The van der Waals surface area contributed by atoms with Gasteiger partial charge in [-0.15, -0.1) is 0 Å². The van der Waals surface area contributed by atoms with Crippen molar-refractivity contribution < 1.29 is 77.3 Å². The van der Waals surface area contributed by atoms with Crippen molar-refractivity contribution in [3.8, 4) is 11.5 Å². The van der Waals surface area contributed by atoms with Gasteiger partial charge in [0.25, 0.3) is 17.2 Å². The quantitative estimate of drug-likeness (QED) is 0.147. The highest BCUT2D eigenvalue weighted by molar-refractivity contribution is 6.32. The van der Waals surface area contributed by atoms with E-state index in [0.29, 0.717) is 29.6 Å². The predicted octanol–water partition coefficient (Wildman–Crippen LogP) is 5.70. The van der Waals surface area contributed by atoms with Crippen LogP contribution in [0.4, 0.5) is 10.1 Å². The molecule has 2 aromatic heterocycles. The number of carboxylic acid groups (broad SMARTS) is 1. The molecule has 10 rings (SSSR count). The Morgan fingerprint density at radius 2 is 1.53 bits per heavy atom. The van der Waals surface area contributed by atoms with Crippen LogP contribution in [0, 0.1) is 49.3 Å². The lowest BCUT2D eigenvalue weighted by Crippen LogP contribution is -2.49. The van der Waals surface area contributed by atoms with E-state index in [4.69, 9.17) is 18.9 Å². The number of nitrogens with one attached hydrogen (secondary N) is 2. The Morgan fingerprint density at radius 1 is 0.855 bits per heavy atom. The number of carbonyl (C=O) groups excluding carboxylic acids is 6. The second-order valence-electron chi connectivity index (χ2n) is 23.3. The summed E-state index contributed by atoms with van der Waals surface area (Å²) in [5, 5.41) is 50.5. The van der Waals surface area contributed by atoms with Crippen molar-refractivity contribution in [2.75, 3.05) is 38.2 Å². The number of aromatic nitrogens is 1. The highest BCUT2D eigenvalue weighted by atomic mass is 19.1. The summed E-state index contributed by atoms with van der Waals surface area (Å²) in [6, 6.07) is 0.956. The van der Waals surface area contributed by atoms with Crippen molar-refractivity contribution in [3.63, 3.8) is 0 Å². The number of ketones is 3. The Morgan fingerprint density at radius 3 is 2.17 bits per heavy atom. The maximum atomic E-state index is 16.1. The Kier molecular flexibility index (Phi) is 16.7. The molecule has 22 heteroatoms. The molecule has 1 unspecified atom stereocenters. The molecule has 1 aromatic carbocycles. The molecule has 5 bridgehead atoms. The topological polar surface area (TPSA) is 289 Å². The molecule has 7 heterocycles. The predicted molar refractivity (Wildman–Crippen MR) is 299 cm³/mol. The molecule has 21 nitrogen and oxygen atoms in total. The standard InChI is InChI=1S/C61H72FN5O16/c1-27-12-11-13-28(2)57(75)64-45-48(65-21-17-37(18-22-65)63-58(76)36-16-20-66(25-36)47-30(4)46-38(35-14-15-35)24-39(60(78)79)59(77)67(46)26-40(47)62)53(73)42-43(52(45)72)51(71)33(7)55-44(42)56(74)61(9,83-55)81-23-19-41(80-10)29(3)54(82-34(8)68)32(6)50(70)31(5)49(27)69/h11-13,19,23-24,26-27,29,31-32,35-37,41,49-50,54,69-71H,14-18,20-22,25H2,1-10H3,(H,63,76)(H,64,75)(H,78,79)/b12-11+,23-19+,28-13-/t27-,29-,31-,32-,36?,41+,49+,50+,54+,61+/m1/s1. The van der Waals surface area contributed by atoms with E-state index in [1.165, 1.54) is 59.1 Å². The number of aromatic hydroxyl groups is 1. The number of hydrogen-bond acceptors (Lipinski definition) is 17. The lowest BCUT2D eigenvalue weighted by atomic mass is 9.78. The van der Waals surface area contributed by atoms with Crippen molar-refractivity contribution in [2.24, 2.45) is 29.6 Å². The van der Waals surface area contributed by atoms with E-state index in [9.17, 15) is 49.2 Å². The van der Waals surface area contributed by atoms with Crippen LogP contribution in [0.25, 0.3) is 5.52 Å². The third-order valence-electron chi connectivity index (χ3n) is 17.7. The number of benzene rings is 1. The average molecular weight is 1150 g/mol. The second kappa shape index (κ2) is 23.2. The van der Waals surface area contributed by atoms with Crippen LogP contribution in [0.3, 0.4) is 0 Å². The van der Waals surface area contributed by atoms with E-state index >= 15 is 14.0 Å². The Labute approximate surface area is 478 Å². The third kappa shape index (κ3) is 11.0. The average Bonchev–Trinajstić information content (AvgIpc) is 1.95. The van der Waals surface area contributed by atoms with Crippen LogP contribution in [0.5, 0.6) is 11.5 Å². The smallest absolute Gasteiger partial charge is 0.341 e. The first-order valence-corrected chi connectivity index (χ1v) is 28.2. The van der Waals surface area contributed by atoms with Crippen molar-refractivity contribution in [1.29, 1.82) is 0 Å². The molecule has 6 N–H and O–H groups in total. The van der Waals surface area contributed by atoms with Crippen LogP contribution in [-0.2, 0) is 28.6 Å². The van der Waals surface area contributed by atoms with Gasteiger partial charge in [-0.25, -0.2) is 9.18 Å². The summed E-state index contributed by atoms with van der Waals surface area (Å²) in [7, 11) is 1.40. The SMILES string of the molecule is CO[C@H]1/C=C/O[C@@]2(C)Oc3c(C)c(O)c4c(c3C2=O)C(=O)C(N2CCC(NC(=O)C3CCN(c5c(F)cn6c(=O)c(C(=O)O)cc(C7CC7)c6c5C)C3)CC2)=C(NC(=O)/C(C)=C\C=C\[C@@H](C)[C@H](O)[C@@H](C)[C@H](O)[C@@H](C)[C@@H](OC(C)=O)[C@@H]1C)C4=O. The van der Waals surface area contributed by atoms with Crippen LogP contribution < -0.4 is 25.8 Å². The monoisotopic (exact) mass is 1150 g/mol. The number of carboxylic acids is 1. The van der Waals surface area contributed by atoms with Gasteiger partial charge in [-0.1, -0.05) is 45.9 Å². The minimum atomic E-state index is -2.18. The first kappa shape index (κ1) is 59.9. The molecule has 2 aliphatic carbocycles. The van der Waals surface area contributed by atoms with Crippen LogP contribution >= 0.6 is 0 Å². The minimum absolute atomic E-state index is 0.0292. The summed E-state index contributed by atoms with van der Waals surface area (Å²) in [4.78, 5) is 114. The number of likely N-dealkylation sites (tertiary alicyclic amines) is 1. The number of amides is 2. The van der Waals surface area contributed by atoms with Crippen LogP contribution in [0.15, 0.2) is 64.6 Å². The number of hydrogen-bond donors (Lipinski definition) is 6. The number of carbonyl (C=O) groups is 7. The summed E-state index contributed by atoms with van der Waals surface area (Å²) in [5.41, 5.74) is -1.53. The fourth-order valence-electron chi connectivity index (χ4n) is 12.6. The van der Waals surface area contributed by atoms with E-state index < -0.39 is 141 Å². The number of nitrogens with zero attached hydrogens (tertiary/aromatic N) is 3. The van der Waals surface area contributed by atoms with Gasteiger partial charge in [0.2, 0.25) is 17.5 Å². The van der Waals surface area contributed by atoms with E-state index in [0.717, 1.165) is 29.7 Å². The number of rotatable bonds is 8. The number of Topliss-reactive ketones (excluding diaryl/α,β-unsaturated/α-hetero) is 3. The molecular weight excluding hydrogens is 1080 g/mol. The van der Waals surface area contributed by atoms with Gasteiger partial charge in [0.1, 0.15) is 34.6 Å². The van der Waals surface area contributed by atoms with Gasteiger partial charge >= 0.3 is 17.7 Å². The molecule has 3 fully saturated rings. The molecule has 0 spiro atoms. The number of ether oxygens (including phenoxy) is 4. The van der Waals surface area contributed by atoms with Crippen molar-refractivity contribution >= 4 is 52.3 Å². The number of aryl methyl sites for hydroxylation is 1. The van der Waals surface area contributed by atoms with Gasteiger partial charge < -0.3 is 59.8 Å². The Hall–Kier alpha value is -7.69. The zero-order valence-electron chi connectivity index (χ0n) is 48.2. The lowest BCUT2D eigenvalue weighted by Gasteiger charge is -2.38. The maximum Gasteiger partial charge on any atom is 0.341 e. The molecule has 3 aromatic rings. The number of aromatic carboxylic acids is 1. The number of phenolic OH excluding ortho intramolecular Hbond substituents is 1. The summed E-state index contributed by atoms with van der Waals surface area (Å²) >= 11 is 0. The first-order chi connectivity index (χ1) is 39.2. The largest absolute Gasteiger partial charge is 0.507 e. The second-order valence-corrected chi connectivity index (χ2v) is 23.3.